The summed E-state index contributed by atoms with van der Waals surface area (Å²) in [5.41, 5.74) is 1.20. The number of anilines is 2. The van der Waals surface area contributed by atoms with Crippen molar-refractivity contribution in [3.05, 3.63) is 53.3 Å². The minimum Gasteiger partial charge on any atom is -0.462 e. The van der Waals surface area contributed by atoms with Crippen LogP contribution in [0.15, 0.2) is 30.3 Å². The highest BCUT2D eigenvalue weighted by molar-refractivity contribution is 5.94. The summed E-state index contributed by atoms with van der Waals surface area (Å²) in [6.07, 6.45) is 0. The predicted molar refractivity (Wildman–Crippen MR) is 90.4 cm³/mol. The van der Waals surface area contributed by atoms with Crippen molar-refractivity contribution in [3.8, 4) is 0 Å². The van der Waals surface area contributed by atoms with E-state index >= 15 is 0 Å². The number of carbonyl (C=O) groups excluding carboxylic acids is 1. The van der Waals surface area contributed by atoms with Gasteiger partial charge in [0.15, 0.2) is 17.5 Å². The molecule has 27 heavy (non-hydrogen) atoms. The molecule has 0 bridgehead atoms. The molecular formula is C17H12F3N5O2. The van der Waals surface area contributed by atoms with Gasteiger partial charge in [0.1, 0.15) is 0 Å². The highest BCUT2D eigenvalue weighted by Crippen LogP contribution is 2.24. The molecule has 4 rings (SSSR count). The van der Waals surface area contributed by atoms with Crippen molar-refractivity contribution in [1.82, 2.24) is 19.6 Å². The van der Waals surface area contributed by atoms with Crippen LogP contribution in [0.4, 0.5) is 24.8 Å². The molecule has 2 aromatic heterocycles. The van der Waals surface area contributed by atoms with Gasteiger partial charge in [0.2, 0.25) is 5.95 Å². The summed E-state index contributed by atoms with van der Waals surface area (Å²) in [5, 5.41) is 5.38. The number of hydrogen-bond donors (Lipinski definition) is 2. The monoisotopic (exact) mass is 375 g/mol. The van der Waals surface area contributed by atoms with Gasteiger partial charge in [-0.15, -0.1) is 0 Å². The minimum absolute atomic E-state index is 0.0822. The zero-order chi connectivity index (χ0) is 19.1. The van der Waals surface area contributed by atoms with Gasteiger partial charge in [-0.25, -0.2) is 27.5 Å². The highest BCUT2D eigenvalue weighted by atomic mass is 19.2. The standard InChI is InChI=1S/C17H12F3N5O2/c1-2-27-15(26)8-3-6-12-11(7-8)22-17-23-16(24-25(12)17)21-10-5-4-9(18)13(19)14(10)20/h3-7H,2H2,1H3,(H2,21,22,23,24). The first-order valence-corrected chi connectivity index (χ1v) is 7.93. The second kappa shape index (κ2) is 6.31. The van der Waals surface area contributed by atoms with Gasteiger partial charge in [-0.05, 0) is 37.3 Å². The smallest absolute Gasteiger partial charge is 0.338 e. The Morgan fingerprint density at radius 2 is 2.00 bits per heavy atom. The average molecular weight is 375 g/mol. The number of aromatic nitrogens is 4. The number of carbonyl (C=O) groups is 1. The number of esters is 1. The summed E-state index contributed by atoms with van der Waals surface area (Å²) < 4.78 is 46.6. The van der Waals surface area contributed by atoms with Crippen molar-refractivity contribution in [2.45, 2.75) is 6.92 Å². The normalized spacial score (nSPS) is 11.3. The number of nitrogens with one attached hydrogen (secondary N) is 2. The summed E-state index contributed by atoms with van der Waals surface area (Å²) in [4.78, 5) is 20.2. The molecule has 0 amide bonds. The van der Waals surface area contributed by atoms with Gasteiger partial charge in [-0.2, -0.15) is 4.98 Å². The molecule has 138 valence electrons. The van der Waals surface area contributed by atoms with Gasteiger partial charge in [0, 0.05) is 0 Å². The average Bonchev–Trinajstić information content (AvgIpc) is 3.19. The van der Waals surface area contributed by atoms with Crippen LogP contribution in [0.25, 0.3) is 16.8 Å². The fourth-order valence-electron chi connectivity index (χ4n) is 2.63. The zero-order valence-electron chi connectivity index (χ0n) is 13.9. The highest BCUT2D eigenvalue weighted by Gasteiger charge is 2.16. The molecule has 0 aliphatic heterocycles. The number of hydrogen-bond acceptors (Lipinski definition) is 5. The lowest BCUT2D eigenvalue weighted by atomic mass is 10.2. The molecule has 2 aromatic carbocycles. The SMILES string of the molecule is CCOC(=O)c1ccc2c(c1)nc1nc(Nc3ccc(F)c(F)c3F)[nH]n12. The molecule has 4 aromatic rings. The zero-order valence-corrected chi connectivity index (χ0v) is 13.9. The fourth-order valence-corrected chi connectivity index (χ4v) is 2.63. The maximum absolute atomic E-state index is 13.8. The van der Waals surface area contributed by atoms with Crippen LogP contribution < -0.4 is 5.32 Å². The Balaban J connectivity index is 1.69. The van der Waals surface area contributed by atoms with Crippen LogP contribution in [0.3, 0.4) is 0 Å². The van der Waals surface area contributed by atoms with Crippen LogP contribution >= 0.6 is 0 Å². The first kappa shape index (κ1) is 16.9. The quantitative estimate of drug-likeness (QED) is 0.421. The third-order valence-electron chi connectivity index (χ3n) is 3.87. The Kier molecular flexibility index (Phi) is 3.94. The van der Waals surface area contributed by atoms with E-state index in [0.29, 0.717) is 16.6 Å². The Morgan fingerprint density at radius 3 is 2.78 bits per heavy atom. The van der Waals surface area contributed by atoms with E-state index in [1.54, 1.807) is 25.1 Å². The van der Waals surface area contributed by atoms with Crippen LogP contribution in [0.1, 0.15) is 17.3 Å². The van der Waals surface area contributed by atoms with Gasteiger partial charge >= 0.3 is 5.97 Å². The molecule has 0 atom stereocenters. The Bertz CT molecular complexity index is 1180. The minimum atomic E-state index is -1.58. The summed E-state index contributed by atoms with van der Waals surface area (Å²) in [6.45, 7) is 1.97. The molecule has 0 saturated heterocycles. The third kappa shape index (κ3) is 2.84. The van der Waals surface area contributed by atoms with E-state index in [9.17, 15) is 18.0 Å². The van der Waals surface area contributed by atoms with E-state index in [1.165, 1.54) is 4.52 Å². The van der Waals surface area contributed by atoms with Gasteiger partial charge in [-0.1, -0.05) is 0 Å². The first-order chi connectivity index (χ1) is 13.0. The maximum atomic E-state index is 13.8. The van der Waals surface area contributed by atoms with Crippen molar-refractivity contribution in [3.63, 3.8) is 0 Å². The van der Waals surface area contributed by atoms with Gasteiger partial charge in [-0.3, -0.25) is 5.10 Å². The van der Waals surface area contributed by atoms with Crippen molar-refractivity contribution < 1.29 is 22.7 Å². The van der Waals surface area contributed by atoms with Crippen LogP contribution in [0, 0.1) is 17.5 Å². The molecule has 0 saturated carbocycles. The van der Waals surface area contributed by atoms with Crippen LogP contribution in [0.5, 0.6) is 0 Å². The van der Waals surface area contributed by atoms with E-state index in [2.05, 4.69) is 20.4 Å². The van der Waals surface area contributed by atoms with Crippen molar-refractivity contribution >= 4 is 34.4 Å². The number of fused-ring (bicyclic) bond motifs is 3. The Hall–Kier alpha value is -3.56. The van der Waals surface area contributed by atoms with Crippen molar-refractivity contribution in [1.29, 1.82) is 0 Å². The van der Waals surface area contributed by atoms with E-state index in [1.807, 2.05) is 0 Å². The second-order valence-electron chi connectivity index (χ2n) is 5.59. The van der Waals surface area contributed by atoms with Crippen LogP contribution in [-0.4, -0.2) is 32.2 Å². The summed E-state index contributed by atoms with van der Waals surface area (Å²) >= 11 is 0. The second-order valence-corrected chi connectivity index (χ2v) is 5.59. The summed E-state index contributed by atoms with van der Waals surface area (Å²) in [5.74, 6) is -4.34. The van der Waals surface area contributed by atoms with Crippen LogP contribution in [-0.2, 0) is 4.74 Å². The van der Waals surface area contributed by atoms with Gasteiger partial charge in [0.25, 0.3) is 5.78 Å². The number of benzene rings is 2. The number of nitrogens with zero attached hydrogens (tertiary/aromatic N) is 3. The number of ether oxygens (including phenoxy) is 1. The number of imidazole rings is 1. The summed E-state index contributed by atoms with van der Waals surface area (Å²) in [7, 11) is 0. The molecule has 0 aliphatic carbocycles. The molecule has 0 spiro atoms. The first-order valence-electron chi connectivity index (χ1n) is 7.93. The van der Waals surface area contributed by atoms with Crippen LogP contribution in [0.2, 0.25) is 0 Å². The number of H-pyrrole nitrogens is 1. The molecule has 7 nitrogen and oxygen atoms in total. The van der Waals surface area contributed by atoms with Gasteiger partial charge < -0.3 is 10.1 Å². The van der Waals surface area contributed by atoms with Crippen molar-refractivity contribution in [2.75, 3.05) is 11.9 Å². The molecule has 2 heterocycles. The van der Waals surface area contributed by atoms with Gasteiger partial charge in [0.05, 0.1) is 28.9 Å². The number of aromatic amines is 1. The fraction of sp³-hybridized carbons (Fsp3) is 0.118. The van der Waals surface area contributed by atoms with E-state index in [-0.39, 0.29) is 24.0 Å². The molecule has 0 radical (unpaired) electrons. The number of halogens is 3. The lowest BCUT2D eigenvalue weighted by molar-refractivity contribution is 0.0526. The number of rotatable bonds is 4. The third-order valence-corrected chi connectivity index (χ3v) is 3.87. The lowest BCUT2D eigenvalue weighted by Crippen LogP contribution is -2.04. The van der Waals surface area contributed by atoms with E-state index in [0.717, 1.165) is 12.1 Å². The Labute approximate surface area is 149 Å². The summed E-state index contributed by atoms with van der Waals surface area (Å²) in [6, 6.07) is 6.67. The largest absolute Gasteiger partial charge is 0.462 e. The predicted octanol–water partition coefficient (Wildman–Crippen LogP) is 3.55. The molecular weight excluding hydrogens is 363 g/mol. The molecule has 10 heteroatoms. The molecule has 0 unspecified atom stereocenters. The maximum Gasteiger partial charge on any atom is 0.338 e. The topological polar surface area (TPSA) is 84.3 Å². The lowest BCUT2D eigenvalue weighted by Gasteiger charge is -2.05. The van der Waals surface area contributed by atoms with Crippen molar-refractivity contribution in [2.24, 2.45) is 0 Å². The Morgan fingerprint density at radius 1 is 1.19 bits per heavy atom. The molecule has 2 N–H and O–H groups in total. The van der Waals surface area contributed by atoms with E-state index in [4.69, 9.17) is 4.74 Å². The molecule has 0 aliphatic rings. The van der Waals surface area contributed by atoms with E-state index < -0.39 is 23.4 Å². The molecule has 0 fully saturated rings.